The van der Waals surface area contributed by atoms with Crippen LogP contribution >= 0.6 is 0 Å². The molecule has 37 heavy (non-hydrogen) atoms. The van der Waals surface area contributed by atoms with Gasteiger partial charge in [-0.1, -0.05) is 6.07 Å². The first-order chi connectivity index (χ1) is 17.9. The van der Waals surface area contributed by atoms with Crippen molar-refractivity contribution in [2.24, 2.45) is 0 Å². The van der Waals surface area contributed by atoms with Crippen LogP contribution in [0.15, 0.2) is 43.1 Å². The Kier molecular flexibility index (Phi) is 4.74. The Balaban J connectivity index is 1.27. The normalized spacial score (nSPS) is 21.8. The van der Waals surface area contributed by atoms with Crippen LogP contribution in [0.5, 0.6) is 0 Å². The molecule has 2 unspecified atom stereocenters. The zero-order chi connectivity index (χ0) is 25.3. The van der Waals surface area contributed by atoms with Gasteiger partial charge in [-0.2, -0.15) is 14.7 Å². The Morgan fingerprint density at radius 3 is 2.59 bits per heavy atom. The first-order valence-electron chi connectivity index (χ1n) is 12.6. The number of hydrogen-bond donors (Lipinski definition) is 3. The summed E-state index contributed by atoms with van der Waals surface area (Å²) in [7, 11) is 0. The second-order valence-corrected chi connectivity index (χ2v) is 10.6. The summed E-state index contributed by atoms with van der Waals surface area (Å²) >= 11 is 0. The molecular formula is C26H27N9O2. The number of aromatic amines is 2. The fraction of sp³-hybridized carbons (Fsp3) is 0.385. The average molecular weight is 498 g/mol. The number of hydrogen-bond acceptors (Lipinski definition) is 7. The number of aliphatic hydroxyl groups is 1. The van der Waals surface area contributed by atoms with Crippen LogP contribution in [-0.2, 0) is 5.60 Å². The predicted molar refractivity (Wildman–Crippen MR) is 135 cm³/mol. The molecule has 0 aromatic carbocycles. The van der Waals surface area contributed by atoms with Crippen molar-refractivity contribution in [2.75, 3.05) is 0 Å². The molecule has 2 atom stereocenters. The second-order valence-electron chi connectivity index (χ2n) is 10.6. The molecule has 188 valence electrons. The number of fused-ring (bicyclic) bond motifs is 5. The molecule has 0 aliphatic carbocycles. The minimum absolute atomic E-state index is 0.0706. The number of pyridine rings is 1. The number of amides is 1. The van der Waals surface area contributed by atoms with E-state index in [1.165, 1.54) is 6.33 Å². The van der Waals surface area contributed by atoms with Gasteiger partial charge in [0.1, 0.15) is 17.6 Å². The van der Waals surface area contributed by atoms with E-state index >= 15 is 0 Å². The molecule has 3 N–H and O–H groups in total. The summed E-state index contributed by atoms with van der Waals surface area (Å²) in [6.45, 7) is 3.44. The van der Waals surface area contributed by atoms with Crippen LogP contribution in [0, 0.1) is 0 Å². The molecule has 0 radical (unpaired) electrons. The Labute approximate surface area is 212 Å². The molecular weight excluding hydrogens is 470 g/mol. The van der Waals surface area contributed by atoms with E-state index in [1.54, 1.807) is 20.0 Å². The lowest BCUT2D eigenvalue weighted by atomic mass is 9.86. The molecule has 11 heteroatoms. The number of aromatic nitrogens is 8. The van der Waals surface area contributed by atoms with Crippen molar-refractivity contribution in [1.82, 2.24) is 44.6 Å². The summed E-state index contributed by atoms with van der Waals surface area (Å²) < 4.78 is 1.84. The minimum atomic E-state index is -1.01. The van der Waals surface area contributed by atoms with E-state index in [0.29, 0.717) is 11.5 Å². The first kappa shape index (κ1) is 22.1. The molecule has 0 spiro atoms. The van der Waals surface area contributed by atoms with Gasteiger partial charge in [0.05, 0.1) is 17.6 Å². The lowest BCUT2D eigenvalue weighted by Gasteiger charge is -2.38. The van der Waals surface area contributed by atoms with Crippen molar-refractivity contribution in [3.8, 4) is 11.1 Å². The van der Waals surface area contributed by atoms with Crippen molar-refractivity contribution in [2.45, 2.75) is 63.1 Å². The summed E-state index contributed by atoms with van der Waals surface area (Å²) in [5, 5.41) is 22.5. The van der Waals surface area contributed by atoms with Gasteiger partial charge in [0.15, 0.2) is 5.65 Å². The fourth-order valence-electron chi connectivity index (χ4n) is 6.12. The third-order valence-electron chi connectivity index (χ3n) is 7.86. The van der Waals surface area contributed by atoms with Crippen LogP contribution in [0.1, 0.15) is 67.5 Å². The van der Waals surface area contributed by atoms with Crippen LogP contribution < -0.4 is 0 Å². The molecule has 7 rings (SSSR count). The van der Waals surface area contributed by atoms with Gasteiger partial charge in [-0.25, -0.2) is 9.97 Å². The summed E-state index contributed by atoms with van der Waals surface area (Å²) in [4.78, 5) is 32.2. The zero-order valence-electron chi connectivity index (χ0n) is 20.6. The second kappa shape index (κ2) is 7.94. The first-order valence-corrected chi connectivity index (χ1v) is 12.6. The van der Waals surface area contributed by atoms with Crippen LogP contribution in [0.25, 0.3) is 27.8 Å². The maximum Gasteiger partial charge on any atom is 0.291 e. The van der Waals surface area contributed by atoms with Crippen molar-refractivity contribution in [3.63, 3.8) is 0 Å². The zero-order valence-corrected chi connectivity index (χ0v) is 20.6. The summed E-state index contributed by atoms with van der Waals surface area (Å²) in [5.74, 6) is 0.452. The van der Waals surface area contributed by atoms with Crippen LogP contribution in [0.2, 0.25) is 0 Å². The molecule has 2 aliphatic rings. The van der Waals surface area contributed by atoms with Crippen molar-refractivity contribution < 1.29 is 9.90 Å². The Bertz CT molecular complexity index is 1600. The highest BCUT2D eigenvalue weighted by molar-refractivity contribution is 5.91. The van der Waals surface area contributed by atoms with Gasteiger partial charge in [0.25, 0.3) is 5.91 Å². The van der Waals surface area contributed by atoms with Crippen molar-refractivity contribution in [3.05, 3.63) is 60.3 Å². The lowest BCUT2D eigenvalue weighted by Crippen LogP contribution is -2.46. The average Bonchev–Trinajstić information content (AvgIpc) is 3.68. The highest BCUT2D eigenvalue weighted by atomic mass is 16.3. The molecule has 1 amide bonds. The number of rotatable bonds is 4. The third kappa shape index (κ3) is 3.45. The van der Waals surface area contributed by atoms with Gasteiger partial charge in [-0.05, 0) is 51.7 Å². The molecule has 7 heterocycles. The maximum atomic E-state index is 13.1. The van der Waals surface area contributed by atoms with Gasteiger partial charge >= 0.3 is 0 Å². The Hall–Kier alpha value is -4.12. The molecule has 2 fully saturated rings. The standard InChI is InChI=1S/C26H27N9O2/c1-26(2,37)20-6-3-14(11-28-20)19-12-31-35-23-18(7-8-27-23)21(32-24(19)35)15-9-16-4-5-17(10-15)34(16)25(36)22-29-13-30-33-22/h3,6-8,11-13,15-17,27,37H,4-5,9-10H2,1-2H3,(H,29,30,33). The largest absolute Gasteiger partial charge is 0.384 e. The van der Waals surface area contributed by atoms with E-state index in [9.17, 15) is 9.90 Å². The predicted octanol–water partition coefficient (Wildman–Crippen LogP) is 3.17. The van der Waals surface area contributed by atoms with Crippen LogP contribution in [0.4, 0.5) is 0 Å². The monoisotopic (exact) mass is 497 g/mol. The lowest BCUT2D eigenvalue weighted by molar-refractivity contribution is 0.0558. The van der Waals surface area contributed by atoms with E-state index in [4.69, 9.17) is 4.98 Å². The van der Waals surface area contributed by atoms with E-state index in [0.717, 1.165) is 59.2 Å². The fourth-order valence-corrected chi connectivity index (χ4v) is 6.12. The molecule has 11 nitrogen and oxygen atoms in total. The van der Waals surface area contributed by atoms with E-state index in [2.05, 4.69) is 36.3 Å². The number of nitrogens with zero attached hydrogens (tertiary/aromatic N) is 7. The topological polar surface area (TPSA) is 141 Å². The van der Waals surface area contributed by atoms with Gasteiger partial charge < -0.3 is 15.0 Å². The smallest absolute Gasteiger partial charge is 0.291 e. The van der Waals surface area contributed by atoms with E-state index in [-0.39, 0.29) is 23.9 Å². The molecule has 5 aromatic heterocycles. The van der Waals surface area contributed by atoms with Crippen molar-refractivity contribution >= 4 is 22.6 Å². The van der Waals surface area contributed by atoms with Gasteiger partial charge in [0, 0.05) is 46.9 Å². The Morgan fingerprint density at radius 2 is 1.92 bits per heavy atom. The Morgan fingerprint density at radius 1 is 1.11 bits per heavy atom. The SMILES string of the molecule is CC(C)(O)c1ccc(-c2cnn3c2nc(C2CC4CCC(C2)N4C(=O)c2ncn[nH]2)c2cc[nH]c23)cn1. The quantitative estimate of drug-likeness (QED) is 0.346. The molecule has 2 bridgehead atoms. The molecule has 5 aromatic rings. The summed E-state index contributed by atoms with van der Waals surface area (Å²) in [6, 6.07) is 6.15. The van der Waals surface area contributed by atoms with Gasteiger partial charge in [-0.3, -0.25) is 14.9 Å². The number of piperidine rings is 1. The highest BCUT2D eigenvalue weighted by Crippen LogP contribution is 2.45. The maximum absolute atomic E-state index is 13.1. The summed E-state index contributed by atoms with van der Waals surface area (Å²) in [6.07, 6.45) is 10.5. The third-order valence-corrected chi connectivity index (χ3v) is 7.86. The van der Waals surface area contributed by atoms with Gasteiger partial charge in [-0.15, -0.1) is 0 Å². The van der Waals surface area contributed by atoms with E-state index < -0.39 is 5.60 Å². The van der Waals surface area contributed by atoms with Crippen molar-refractivity contribution in [1.29, 1.82) is 0 Å². The van der Waals surface area contributed by atoms with Crippen LogP contribution in [0.3, 0.4) is 0 Å². The molecule has 2 saturated heterocycles. The molecule has 2 aliphatic heterocycles. The number of carbonyl (C=O) groups excluding carboxylic acids is 1. The van der Waals surface area contributed by atoms with Crippen LogP contribution in [-0.4, -0.2) is 67.7 Å². The highest BCUT2D eigenvalue weighted by Gasteiger charge is 2.45. The summed E-state index contributed by atoms with van der Waals surface area (Å²) in [5.41, 5.74) is 4.07. The molecule has 0 saturated carbocycles. The minimum Gasteiger partial charge on any atom is -0.384 e. The number of nitrogens with one attached hydrogen (secondary N) is 2. The number of carbonyl (C=O) groups is 1. The number of H-pyrrole nitrogens is 2. The van der Waals surface area contributed by atoms with E-state index in [1.807, 2.05) is 33.9 Å². The van der Waals surface area contributed by atoms with Gasteiger partial charge in [0.2, 0.25) is 5.82 Å².